The predicted molar refractivity (Wildman–Crippen MR) is 181 cm³/mol. The van der Waals surface area contributed by atoms with Gasteiger partial charge >= 0.3 is 12.1 Å². The Labute approximate surface area is 282 Å². The first-order chi connectivity index (χ1) is 23.0. The van der Waals surface area contributed by atoms with E-state index in [-0.39, 0.29) is 42.7 Å². The van der Waals surface area contributed by atoms with Crippen LogP contribution in [0.4, 0.5) is 4.79 Å². The minimum Gasteiger partial charge on any atom is -0.484 e. The molecule has 3 N–H and O–H groups in total. The van der Waals surface area contributed by atoms with E-state index in [2.05, 4.69) is 39.8 Å². The summed E-state index contributed by atoms with van der Waals surface area (Å²) in [5, 5.41) is 17.7. The van der Waals surface area contributed by atoms with Gasteiger partial charge in [-0.15, -0.1) is 0 Å². The zero-order valence-corrected chi connectivity index (χ0v) is 28.0. The molecule has 48 heavy (non-hydrogen) atoms. The number of amides is 2. The summed E-state index contributed by atoms with van der Waals surface area (Å²) in [6.45, 7) is 8.11. The van der Waals surface area contributed by atoms with Crippen LogP contribution in [0.1, 0.15) is 63.1 Å². The molecule has 1 saturated heterocycles. The number of rotatable bonds is 12. The first kappa shape index (κ1) is 34.9. The van der Waals surface area contributed by atoms with Crippen molar-refractivity contribution in [3.8, 4) is 5.75 Å². The Hall–Kier alpha value is -4.41. The molecule has 2 fully saturated rings. The highest BCUT2D eigenvalue weighted by molar-refractivity contribution is 5.85. The van der Waals surface area contributed by atoms with Crippen molar-refractivity contribution in [2.75, 3.05) is 26.3 Å². The average molecular weight is 658 g/mol. The third-order valence-electron chi connectivity index (χ3n) is 8.74. The molecule has 3 aromatic carbocycles. The summed E-state index contributed by atoms with van der Waals surface area (Å²) in [4.78, 5) is 40.7. The van der Waals surface area contributed by atoms with Gasteiger partial charge in [-0.1, -0.05) is 72.8 Å². The Morgan fingerprint density at radius 3 is 2.12 bits per heavy atom. The van der Waals surface area contributed by atoms with Crippen LogP contribution in [-0.4, -0.2) is 72.0 Å². The number of esters is 1. The molecule has 10 heteroatoms. The summed E-state index contributed by atoms with van der Waals surface area (Å²) in [6, 6.07) is 25.5. The fourth-order valence-corrected chi connectivity index (χ4v) is 6.09. The van der Waals surface area contributed by atoms with Crippen LogP contribution in [0.25, 0.3) is 0 Å². The fraction of sp³-hybridized carbons (Fsp3) is 0.447. The molecule has 0 radical (unpaired) electrons. The van der Waals surface area contributed by atoms with Gasteiger partial charge in [0.1, 0.15) is 11.4 Å². The number of nitrogens with one attached hydrogen (secondary N) is 2. The van der Waals surface area contributed by atoms with Crippen LogP contribution in [0.2, 0.25) is 0 Å². The molecule has 0 aromatic heterocycles. The smallest absolute Gasteiger partial charge is 0.407 e. The lowest BCUT2D eigenvalue weighted by atomic mass is 9.86. The van der Waals surface area contributed by atoms with Gasteiger partial charge in [-0.2, -0.15) is 0 Å². The Morgan fingerprint density at radius 2 is 1.46 bits per heavy atom. The van der Waals surface area contributed by atoms with Gasteiger partial charge in [0.05, 0.1) is 6.61 Å². The van der Waals surface area contributed by atoms with Crippen molar-refractivity contribution in [2.45, 2.75) is 76.3 Å². The highest BCUT2D eigenvalue weighted by Crippen LogP contribution is 2.34. The lowest BCUT2D eigenvalue weighted by Gasteiger charge is -2.36. The van der Waals surface area contributed by atoms with Crippen molar-refractivity contribution in [1.29, 1.82) is 0 Å². The molecule has 256 valence electrons. The minimum absolute atomic E-state index is 0.0642. The number of piperidine rings is 1. The van der Waals surface area contributed by atoms with Crippen molar-refractivity contribution in [3.63, 3.8) is 0 Å². The predicted octanol–water partition coefficient (Wildman–Crippen LogP) is 4.93. The van der Waals surface area contributed by atoms with Gasteiger partial charge in [-0.3, -0.25) is 9.69 Å². The molecule has 1 saturated carbocycles. The van der Waals surface area contributed by atoms with Gasteiger partial charge in [-0.25, -0.2) is 9.59 Å². The lowest BCUT2D eigenvalue weighted by molar-refractivity contribution is -0.164. The van der Waals surface area contributed by atoms with E-state index >= 15 is 0 Å². The first-order valence-corrected chi connectivity index (χ1v) is 16.7. The van der Waals surface area contributed by atoms with E-state index in [9.17, 15) is 19.5 Å². The maximum Gasteiger partial charge on any atom is 0.407 e. The van der Waals surface area contributed by atoms with Gasteiger partial charge < -0.3 is 30.0 Å². The highest BCUT2D eigenvalue weighted by Gasteiger charge is 2.42. The summed E-state index contributed by atoms with van der Waals surface area (Å²) in [5.74, 6) is -0.537. The molecule has 3 aromatic rings. The quantitative estimate of drug-likeness (QED) is 0.234. The van der Waals surface area contributed by atoms with E-state index < -0.39 is 23.3 Å². The molecule has 1 aliphatic carbocycles. The molecule has 10 nitrogen and oxygen atoms in total. The molecule has 5 rings (SSSR count). The normalized spacial score (nSPS) is 19.7. The zero-order chi connectivity index (χ0) is 34.1. The van der Waals surface area contributed by atoms with Crippen LogP contribution >= 0.6 is 0 Å². The fourth-order valence-electron chi connectivity index (χ4n) is 6.09. The number of nitrogens with zero attached hydrogens (tertiary/aromatic N) is 1. The van der Waals surface area contributed by atoms with Crippen molar-refractivity contribution in [2.24, 2.45) is 5.92 Å². The average Bonchev–Trinajstić information content (AvgIpc) is 3.05. The van der Waals surface area contributed by atoms with E-state index in [0.717, 1.165) is 32.5 Å². The SMILES string of the molecule is CC(C)(C)OC(=O)NC1CC(NC(=O)COc2cccc(C(O)(C(=O)OCC3CCN(Cc4ccccc4)CC3)c3ccccc3)c2)C1. The largest absolute Gasteiger partial charge is 0.484 e. The Morgan fingerprint density at radius 1 is 0.833 bits per heavy atom. The van der Waals surface area contributed by atoms with Crippen molar-refractivity contribution in [1.82, 2.24) is 15.5 Å². The van der Waals surface area contributed by atoms with Gasteiger partial charge in [0, 0.05) is 24.2 Å². The zero-order valence-electron chi connectivity index (χ0n) is 28.0. The first-order valence-electron chi connectivity index (χ1n) is 16.7. The van der Waals surface area contributed by atoms with Gasteiger partial charge in [0.15, 0.2) is 6.61 Å². The molecule has 2 amide bonds. The monoisotopic (exact) mass is 657 g/mol. The number of benzene rings is 3. The van der Waals surface area contributed by atoms with Gasteiger partial charge in [0.2, 0.25) is 5.60 Å². The summed E-state index contributed by atoms with van der Waals surface area (Å²) < 4.78 is 16.9. The van der Waals surface area contributed by atoms with Crippen LogP contribution in [0, 0.1) is 5.92 Å². The van der Waals surface area contributed by atoms with Gasteiger partial charge in [0.25, 0.3) is 5.91 Å². The number of alkyl carbamates (subject to hydrolysis) is 1. The third-order valence-corrected chi connectivity index (χ3v) is 8.74. The van der Waals surface area contributed by atoms with Crippen molar-refractivity contribution < 1.29 is 33.7 Å². The second-order valence-corrected chi connectivity index (χ2v) is 13.8. The summed E-state index contributed by atoms with van der Waals surface area (Å²) in [5.41, 5.74) is -0.706. The molecule has 1 atom stereocenters. The van der Waals surface area contributed by atoms with Crippen molar-refractivity contribution in [3.05, 3.63) is 102 Å². The van der Waals surface area contributed by atoms with E-state index in [1.54, 1.807) is 69.3 Å². The molecule has 0 spiro atoms. The summed E-state index contributed by atoms with van der Waals surface area (Å²) >= 11 is 0. The maximum atomic E-state index is 13.7. The topological polar surface area (TPSA) is 126 Å². The summed E-state index contributed by atoms with van der Waals surface area (Å²) in [6.07, 6.45) is 2.52. The number of carbonyl (C=O) groups excluding carboxylic acids is 3. The molecular weight excluding hydrogens is 610 g/mol. The second kappa shape index (κ2) is 15.7. The Balaban J connectivity index is 1.13. The lowest BCUT2D eigenvalue weighted by Crippen LogP contribution is -2.55. The molecule has 1 aliphatic heterocycles. The van der Waals surface area contributed by atoms with E-state index in [1.165, 1.54) is 5.56 Å². The number of hydrogen-bond donors (Lipinski definition) is 3. The third kappa shape index (κ3) is 9.58. The standard InChI is InChI=1S/C38H47N3O7/c1-37(2,3)48-36(44)40-32-22-31(23-32)39-34(42)26-46-33-16-10-15-30(21-33)38(45,29-13-8-5-9-14-29)35(43)47-25-28-17-19-41(20-18-28)24-27-11-6-4-7-12-27/h4-16,21,28,31-32,45H,17-20,22-26H2,1-3H3,(H,39,42)(H,40,44). The second-order valence-electron chi connectivity index (χ2n) is 13.8. The van der Waals surface area contributed by atoms with Gasteiger partial charge in [-0.05, 0) is 88.7 Å². The number of ether oxygens (including phenoxy) is 3. The maximum absolute atomic E-state index is 13.7. The number of carbonyl (C=O) groups is 3. The van der Waals surface area contributed by atoms with E-state index in [4.69, 9.17) is 14.2 Å². The number of likely N-dealkylation sites (tertiary alicyclic amines) is 1. The molecule has 1 heterocycles. The Bertz CT molecular complexity index is 1510. The molecule has 1 unspecified atom stereocenters. The van der Waals surface area contributed by atoms with Crippen LogP contribution in [0.3, 0.4) is 0 Å². The van der Waals surface area contributed by atoms with Crippen LogP contribution in [-0.2, 0) is 31.2 Å². The number of aliphatic hydroxyl groups is 1. The highest BCUT2D eigenvalue weighted by atomic mass is 16.6. The summed E-state index contributed by atoms with van der Waals surface area (Å²) in [7, 11) is 0. The molecular formula is C38H47N3O7. The van der Waals surface area contributed by atoms with E-state index in [1.807, 2.05) is 12.1 Å². The van der Waals surface area contributed by atoms with Crippen molar-refractivity contribution >= 4 is 18.0 Å². The minimum atomic E-state index is -2.07. The van der Waals surface area contributed by atoms with Crippen LogP contribution < -0.4 is 15.4 Å². The molecule has 2 aliphatic rings. The van der Waals surface area contributed by atoms with Crippen LogP contribution in [0.5, 0.6) is 5.75 Å². The molecule has 0 bridgehead atoms. The Kier molecular flexibility index (Phi) is 11.4. The van der Waals surface area contributed by atoms with E-state index in [0.29, 0.717) is 24.2 Å². The number of hydrogen-bond acceptors (Lipinski definition) is 8. The van der Waals surface area contributed by atoms with Crippen LogP contribution in [0.15, 0.2) is 84.9 Å².